The quantitative estimate of drug-likeness (QED) is 0.728. The van der Waals surface area contributed by atoms with Crippen LogP contribution in [0.4, 0.5) is 24.8 Å². The zero-order valence-electron chi connectivity index (χ0n) is 14.0. The van der Waals surface area contributed by atoms with Crippen molar-refractivity contribution >= 4 is 17.5 Å². The maximum Gasteiger partial charge on any atom is 0.573 e. The van der Waals surface area contributed by atoms with E-state index in [9.17, 15) is 18.0 Å². The van der Waals surface area contributed by atoms with Crippen LogP contribution >= 0.6 is 0 Å². The van der Waals surface area contributed by atoms with E-state index in [-0.39, 0.29) is 22.8 Å². The molecule has 1 aromatic carbocycles. The summed E-state index contributed by atoms with van der Waals surface area (Å²) in [5.41, 5.74) is 6.58. The molecule has 0 saturated heterocycles. The smallest absolute Gasteiger partial charge is 0.405 e. The number of nitrogens with two attached hydrogens (primary N) is 1. The Labute approximate surface area is 151 Å². The fourth-order valence-electron chi connectivity index (χ4n) is 2.45. The van der Waals surface area contributed by atoms with E-state index in [0.717, 1.165) is 0 Å². The second kappa shape index (κ2) is 6.98. The van der Waals surface area contributed by atoms with Crippen LogP contribution in [0.15, 0.2) is 48.7 Å². The summed E-state index contributed by atoms with van der Waals surface area (Å²) in [7, 11) is 1.61. The summed E-state index contributed by atoms with van der Waals surface area (Å²) < 4.78 is 43.2. The molecule has 0 bridgehead atoms. The number of carbonyl (C=O) groups is 1. The monoisotopic (exact) mass is 377 g/mol. The Morgan fingerprint density at radius 2 is 1.89 bits per heavy atom. The van der Waals surface area contributed by atoms with E-state index in [1.54, 1.807) is 13.1 Å². The van der Waals surface area contributed by atoms with Gasteiger partial charge in [0.1, 0.15) is 23.1 Å². The average Bonchev–Trinajstić information content (AvgIpc) is 3.01. The van der Waals surface area contributed by atoms with Crippen LogP contribution in [0.1, 0.15) is 10.5 Å². The van der Waals surface area contributed by atoms with E-state index in [4.69, 9.17) is 5.73 Å². The first-order valence-electron chi connectivity index (χ1n) is 7.65. The lowest BCUT2D eigenvalue weighted by Gasteiger charge is -2.14. The van der Waals surface area contributed by atoms with Crippen molar-refractivity contribution in [3.8, 4) is 16.9 Å². The fraction of sp³-hybridized carbons (Fsp3) is 0.118. The number of aryl methyl sites for hydroxylation is 1. The SMILES string of the molecule is Cn1nccc1C(=O)Nc1ccc(-c2ccccc2OC(F)(F)F)c(N)n1. The Bertz CT molecular complexity index is 985. The lowest BCUT2D eigenvalue weighted by molar-refractivity contribution is -0.274. The molecule has 3 N–H and O–H groups in total. The number of para-hydroxylation sites is 1. The predicted molar refractivity (Wildman–Crippen MR) is 91.9 cm³/mol. The number of anilines is 2. The lowest BCUT2D eigenvalue weighted by Crippen LogP contribution is -2.18. The van der Waals surface area contributed by atoms with E-state index in [0.29, 0.717) is 5.69 Å². The number of alkyl halides is 3. The first-order chi connectivity index (χ1) is 12.7. The highest BCUT2D eigenvalue weighted by molar-refractivity contribution is 6.02. The number of amides is 1. The van der Waals surface area contributed by atoms with Crippen molar-refractivity contribution in [2.75, 3.05) is 11.1 Å². The number of nitrogen functional groups attached to an aromatic ring is 1. The summed E-state index contributed by atoms with van der Waals surface area (Å²) in [6.45, 7) is 0. The molecule has 2 aromatic heterocycles. The van der Waals surface area contributed by atoms with Gasteiger partial charge in [0.05, 0.1) is 0 Å². The third-order valence-electron chi connectivity index (χ3n) is 3.62. The van der Waals surface area contributed by atoms with Gasteiger partial charge in [-0.25, -0.2) is 4.98 Å². The Balaban J connectivity index is 1.88. The van der Waals surface area contributed by atoms with Gasteiger partial charge in [0, 0.05) is 24.4 Å². The van der Waals surface area contributed by atoms with Crippen molar-refractivity contribution in [2.45, 2.75) is 6.36 Å². The topological polar surface area (TPSA) is 95.1 Å². The van der Waals surface area contributed by atoms with E-state index in [1.807, 2.05) is 0 Å². The molecule has 0 aliphatic heterocycles. The lowest BCUT2D eigenvalue weighted by atomic mass is 10.1. The largest absolute Gasteiger partial charge is 0.573 e. The number of rotatable bonds is 4. The fourth-order valence-corrected chi connectivity index (χ4v) is 2.45. The molecular formula is C17H14F3N5O2. The molecule has 27 heavy (non-hydrogen) atoms. The van der Waals surface area contributed by atoms with Gasteiger partial charge >= 0.3 is 6.36 Å². The molecule has 10 heteroatoms. The zero-order valence-corrected chi connectivity index (χ0v) is 14.0. The van der Waals surface area contributed by atoms with Crippen LogP contribution in [0.3, 0.4) is 0 Å². The van der Waals surface area contributed by atoms with Gasteiger partial charge in [-0.05, 0) is 24.3 Å². The molecule has 3 rings (SSSR count). The van der Waals surface area contributed by atoms with E-state index in [2.05, 4.69) is 20.1 Å². The molecule has 0 spiro atoms. The molecule has 140 valence electrons. The van der Waals surface area contributed by atoms with Crippen LogP contribution in [0.2, 0.25) is 0 Å². The number of halogens is 3. The van der Waals surface area contributed by atoms with E-state index >= 15 is 0 Å². The zero-order chi connectivity index (χ0) is 19.6. The molecule has 1 amide bonds. The first kappa shape index (κ1) is 18.2. The highest BCUT2D eigenvalue weighted by Crippen LogP contribution is 2.36. The van der Waals surface area contributed by atoms with E-state index in [1.165, 1.54) is 47.3 Å². The van der Waals surface area contributed by atoms with Gasteiger partial charge in [0.25, 0.3) is 5.91 Å². The Morgan fingerprint density at radius 3 is 2.52 bits per heavy atom. The minimum absolute atomic E-state index is 0.0592. The van der Waals surface area contributed by atoms with Gasteiger partial charge in [0.15, 0.2) is 0 Å². The molecule has 0 aliphatic carbocycles. The number of ether oxygens (including phenoxy) is 1. The van der Waals surface area contributed by atoms with Crippen molar-refractivity contribution in [2.24, 2.45) is 7.05 Å². The normalized spacial score (nSPS) is 11.3. The molecule has 0 saturated carbocycles. The van der Waals surface area contributed by atoms with Crippen LogP contribution < -0.4 is 15.8 Å². The molecule has 2 heterocycles. The highest BCUT2D eigenvalue weighted by Gasteiger charge is 2.32. The van der Waals surface area contributed by atoms with Crippen molar-refractivity contribution in [3.63, 3.8) is 0 Å². The van der Waals surface area contributed by atoms with Crippen molar-refractivity contribution < 1.29 is 22.7 Å². The van der Waals surface area contributed by atoms with Crippen LogP contribution in [0.25, 0.3) is 11.1 Å². The number of nitrogens with one attached hydrogen (secondary N) is 1. The van der Waals surface area contributed by atoms with Gasteiger partial charge in [-0.1, -0.05) is 18.2 Å². The number of pyridine rings is 1. The molecule has 0 unspecified atom stereocenters. The predicted octanol–water partition coefficient (Wildman–Crippen LogP) is 3.22. The molecule has 7 nitrogen and oxygen atoms in total. The second-order valence-corrected chi connectivity index (χ2v) is 5.47. The standard InChI is InChI=1S/C17H14F3N5O2/c1-25-12(8-9-22-25)16(26)24-14-7-6-11(15(21)23-14)10-4-2-3-5-13(10)27-17(18,19)20/h2-9H,1H3,(H3,21,23,24,26). The van der Waals surface area contributed by atoms with Crippen LogP contribution in [0.5, 0.6) is 5.75 Å². The summed E-state index contributed by atoms with van der Waals surface area (Å²) in [6.07, 6.45) is -3.37. The Kier molecular flexibility index (Phi) is 4.72. The van der Waals surface area contributed by atoms with Gasteiger partial charge in [0.2, 0.25) is 0 Å². The number of aromatic nitrogens is 3. The average molecular weight is 377 g/mol. The summed E-state index contributed by atoms with van der Waals surface area (Å²) in [5, 5.41) is 6.45. The summed E-state index contributed by atoms with van der Waals surface area (Å²) in [5.74, 6) is -0.756. The maximum atomic E-state index is 12.6. The highest BCUT2D eigenvalue weighted by atomic mass is 19.4. The number of hydrogen-bond acceptors (Lipinski definition) is 5. The Hall–Kier alpha value is -3.56. The molecule has 0 atom stereocenters. The molecule has 0 fully saturated rings. The van der Waals surface area contributed by atoms with Gasteiger partial charge < -0.3 is 15.8 Å². The first-order valence-corrected chi connectivity index (χ1v) is 7.65. The van der Waals surface area contributed by atoms with Crippen molar-refractivity contribution in [1.82, 2.24) is 14.8 Å². The van der Waals surface area contributed by atoms with Gasteiger partial charge in [-0.15, -0.1) is 13.2 Å². The summed E-state index contributed by atoms with van der Waals surface area (Å²) >= 11 is 0. The third-order valence-corrected chi connectivity index (χ3v) is 3.62. The number of carbonyl (C=O) groups excluding carboxylic acids is 1. The van der Waals surface area contributed by atoms with Gasteiger partial charge in [-0.2, -0.15) is 5.10 Å². The molecule has 0 radical (unpaired) electrons. The van der Waals surface area contributed by atoms with E-state index < -0.39 is 18.0 Å². The molecule has 3 aromatic rings. The number of benzene rings is 1. The summed E-state index contributed by atoms with van der Waals surface area (Å²) in [6, 6.07) is 10.00. The van der Waals surface area contributed by atoms with Crippen LogP contribution in [0, 0.1) is 0 Å². The second-order valence-electron chi connectivity index (χ2n) is 5.47. The molecular weight excluding hydrogens is 363 g/mol. The van der Waals surface area contributed by atoms with Crippen LogP contribution in [-0.4, -0.2) is 27.0 Å². The van der Waals surface area contributed by atoms with Gasteiger partial charge in [-0.3, -0.25) is 9.48 Å². The minimum atomic E-state index is -4.84. The van der Waals surface area contributed by atoms with Crippen LogP contribution in [-0.2, 0) is 7.05 Å². The Morgan fingerprint density at radius 1 is 1.15 bits per heavy atom. The van der Waals surface area contributed by atoms with Crippen molar-refractivity contribution in [3.05, 3.63) is 54.4 Å². The van der Waals surface area contributed by atoms with Crippen molar-refractivity contribution in [1.29, 1.82) is 0 Å². The number of nitrogens with zero attached hydrogens (tertiary/aromatic N) is 3. The summed E-state index contributed by atoms with van der Waals surface area (Å²) in [4.78, 5) is 16.2. The maximum absolute atomic E-state index is 12.6. The third kappa shape index (κ3) is 4.17. The molecule has 0 aliphatic rings. The minimum Gasteiger partial charge on any atom is -0.405 e. The number of hydrogen-bond donors (Lipinski definition) is 2.